The van der Waals surface area contributed by atoms with Gasteiger partial charge in [0.25, 0.3) is 0 Å². The molecule has 3 atom stereocenters. The maximum absolute atomic E-state index is 13.6. The zero-order chi connectivity index (χ0) is 34.9. The van der Waals surface area contributed by atoms with Crippen molar-refractivity contribution in [1.29, 1.82) is 0 Å². The highest BCUT2D eigenvalue weighted by Crippen LogP contribution is 2.19. The van der Waals surface area contributed by atoms with Gasteiger partial charge in [0.15, 0.2) is 11.9 Å². The van der Waals surface area contributed by atoms with Crippen molar-refractivity contribution in [2.45, 2.75) is 57.3 Å². The van der Waals surface area contributed by atoms with Crippen molar-refractivity contribution in [3.05, 3.63) is 78.4 Å². The van der Waals surface area contributed by atoms with Crippen LogP contribution in [0.2, 0.25) is 0 Å². The van der Waals surface area contributed by atoms with Crippen molar-refractivity contribution in [3.63, 3.8) is 0 Å². The number of benzene rings is 3. The Kier molecular flexibility index (Phi) is 14.5. The normalized spacial score (nSPS) is 12.4. The third-order valence-corrected chi connectivity index (χ3v) is 7.11. The summed E-state index contributed by atoms with van der Waals surface area (Å²) in [6.45, 7) is 1.91. The number of carbonyl (C=O) groups is 4. The van der Waals surface area contributed by atoms with Gasteiger partial charge in [-0.3, -0.25) is 24.4 Å². The van der Waals surface area contributed by atoms with Crippen LogP contribution in [0.3, 0.4) is 0 Å². The molecule has 0 aromatic heterocycles. The lowest BCUT2D eigenvalue weighted by molar-refractivity contribution is -0.131. The van der Waals surface area contributed by atoms with Crippen LogP contribution >= 0.6 is 0 Å². The molecule has 0 saturated carbocycles. The van der Waals surface area contributed by atoms with Gasteiger partial charge in [-0.15, -0.1) is 0 Å². The lowest BCUT2D eigenvalue weighted by Gasteiger charge is -2.24. The molecule has 256 valence electrons. The standard InChI is InChI=1S/C33H44N10O5/c1-21(40-33(47)48-20-22-9-3-2-4-10-22)28(44)42-27(14-8-18-39-32(36)37)30(46)43-26(13-7-17-38-31(34)35)29(45)41-25-16-15-23-11-5-6-12-24(23)19-25/h2-6,9-12,15-16,19,21,26-27H,7-8,13-14,17-18,20H2,1H3,(H,40,47)(H,41,45)(H,42,44)(H,43,46)(H4,34,35,38)(H4,36,37,39)/t21-,26-,27+/m0/s1. The number of guanidine groups is 2. The minimum atomic E-state index is -1.09. The Hall–Kier alpha value is -5.86. The van der Waals surface area contributed by atoms with E-state index in [9.17, 15) is 19.2 Å². The van der Waals surface area contributed by atoms with Crippen LogP contribution in [0.5, 0.6) is 0 Å². The van der Waals surface area contributed by atoms with Crippen molar-refractivity contribution in [2.24, 2.45) is 32.9 Å². The van der Waals surface area contributed by atoms with Gasteiger partial charge in [0.2, 0.25) is 17.7 Å². The van der Waals surface area contributed by atoms with E-state index < -0.39 is 41.9 Å². The number of hydrogen-bond acceptors (Lipinski definition) is 7. The van der Waals surface area contributed by atoms with Crippen molar-refractivity contribution in [1.82, 2.24) is 16.0 Å². The third kappa shape index (κ3) is 12.9. The first-order valence-electron chi connectivity index (χ1n) is 15.5. The Morgan fingerprint density at radius 1 is 0.688 bits per heavy atom. The molecule has 15 nitrogen and oxygen atoms in total. The second kappa shape index (κ2) is 19.0. The van der Waals surface area contributed by atoms with E-state index in [1.54, 1.807) is 18.2 Å². The molecule has 0 heterocycles. The molecule has 0 radical (unpaired) electrons. The van der Waals surface area contributed by atoms with Crippen LogP contribution in [0.1, 0.15) is 38.2 Å². The van der Waals surface area contributed by atoms with E-state index in [0.29, 0.717) is 18.5 Å². The average molecular weight is 661 g/mol. The van der Waals surface area contributed by atoms with Crippen LogP contribution in [0.25, 0.3) is 10.8 Å². The molecule has 0 saturated heterocycles. The minimum absolute atomic E-state index is 0.0165. The molecule has 0 bridgehead atoms. The van der Waals surface area contributed by atoms with Crippen molar-refractivity contribution < 1.29 is 23.9 Å². The van der Waals surface area contributed by atoms with E-state index >= 15 is 0 Å². The zero-order valence-electron chi connectivity index (χ0n) is 26.9. The molecule has 3 aromatic rings. The van der Waals surface area contributed by atoms with Crippen LogP contribution in [0.4, 0.5) is 10.5 Å². The van der Waals surface area contributed by atoms with E-state index in [2.05, 4.69) is 31.3 Å². The zero-order valence-corrected chi connectivity index (χ0v) is 26.9. The number of alkyl carbamates (subject to hydrolysis) is 1. The lowest BCUT2D eigenvalue weighted by Crippen LogP contribution is -2.55. The number of anilines is 1. The van der Waals surface area contributed by atoms with Gasteiger partial charge in [0, 0.05) is 18.8 Å². The van der Waals surface area contributed by atoms with Crippen molar-refractivity contribution in [3.8, 4) is 0 Å². The highest BCUT2D eigenvalue weighted by molar-refractivity contribution is 6.00. The molecule has 4 amide bonds. The van der Waals surface area contributed by atoms with Gasteiger partial charge in [-0.05, 0) is 61.1 Å². The van der Waals surface area contributed by atoms with E-state index in [1.807, 2.05) is 54.6 Å². The predicted octanol–water partition coefficient (Wildman–Crippen LogP) is 1.17. The van der Waals surface area contributed by atoms with Crippen LogP contribution in [-0.2, 0) is 25.7 Å². The Balaban J connectivity index is 1.70. The smallest absolute Gasteiger partial charge is 0.408 e. The predicted molar refractivity (Wildman–Crippen MR) is 185 cm³/mol. The van der Waals surface area contributed by atoms with Crippen LogP contribution in [0.15, 0.2) is 82.8 Å². The van der Waals surface area contributed by atoms with Crippen LogP contribution in [-0.4, -0.2) is 66.9 Å². The minimum Gasteiger partial charge on any atom is -0.445 e. The maximum atomic E-state index is 13.6. The first-order valence-corrected chi connectivity index (χ1v) is 15.5. The summed E-state index contributed by atoms with van der Waals surface area (Å²) in [6.07, 6.45) is 0.229. The fraction of sp³-hybridized carbons (Fsp3) is 0.333. The molecular weight excluding hydrogens is 616 g/mol. The molecular formula is C33H44N10O5. The first kappa shape index (κ1) is 36.6. The molecule has 0 aliphatic heterocycles. The third-order valence-electron chi connectivity index (χ3n) is 7.11. The van der Waals surface area contributed by atoms with Gasteiger partial charge in [-0.2, -0.15) is 0 Å². The summed E-state index contributed by atoms with van der Waals surface area (Å²) in [4.78, 5) is 60.4. The Morgan fingerprint density at radius 3 is 1.88 bits per heavy atom. The summed E-state index contributed by atoms with van der Waals surface area (Å²) in [7, 11) is 0. The second-order valence-electron chi connectivity index (χ2n) is 11.0. The molecule has 3 rings (SSSR count). The van der Waals surface area contributed by atoms with Gasteiger partial charge in [-0.1, -0.05) is 60.7 Å². The number of rotatable bonds is 17. The number of carbonyl (C=O) groups excluding carboxylic acids is 4. The first-order chi connectivity index (χ1) is 23.0. The number of nitrogens with one attached hydrogen (secondary N) is 4. The fourth-order valence-electron chi connectivity index (χ4n) is 4.62. The van der Waals surface area contributed by atoms with E-state index in [0.717, 1.165) is 16.3 Å². The Morgan fingerprint density at radius 2 is 1.25 bits per heavy atom. The van der Waals surface area contributed by atoms with Gasteiger partial charge in [-0.25, -0.2) is 4.79 Å². The molecule has 12 N–H and O–H groups in total. The SMILES string of the molecule is C[C@H](NC(=O)OCc1ccccc1)C(=O)N[C@H](CCCN=C(N)N)C(=O)N[C@@H](CCCN=C(N)N)C(=O)Nc1ccc2ccccc2c1. The molecule has 3 aromatic carbocycles. The van der Waals surface area contributed by atoms with Gasteiger partial charge >= 0.3 is 6.09 Å². The fourth-order valence-corrected chi connectivity index (χ4v) is 4.62. The lowest BCUT2D eigenvalue weighted by atomic mass is 10.1. The molecule has 15 heteroatoms. The van der Waals surface area contributed by atoms with Gasteiger partial charge in [0.1, 0.15) is 24.7 Å². The van der Waals surface area contributed by atoms with Crippen LogP contribution < -0.4 is 44.2 Å². The Bertz CT molecular complexity index is 1590. The van der Waals surface area contributed by atoms with E-state index in [1.165, 1.54) is 6.92 Å². The molecule has 0 spiro atoms. The molecule has 0 fully saturated rings. The number of amides is 4. The van der Waals surface area contributed by atoms with E-state index in [-0.39, 0.29) is 44.5 Å². The summed E-state index contributed by atoms with van der Waals surface area (Å²) in [5, 5.41) is 12.7. The van der Waals surface area contributed by atoms with E-state index in [4.69, 9.17) is 27.7 Å². The second-order valence-corrected chi connectivity index (χ2v) is 11.0. The van der Waals surface area contributed by atoms with Crippen molar-refractivity contribution >= 4 is 52.2 Å². The highest BCUT2D eigenvalue weighted by atomic mass is 16.5. The molecule has 0 aliphatic carbocycles. The number of nitrogens with two attached hydrogens (primary N) is 4. The number of ether oxygens (including phenoxy) is 1. The average Bonchev–Trinajstić information content (AvgIpc) is 3.06. The topological polar surface area (TPSA) is 254 Å². The number of hydrogen-bond donors (Lipinski definition) is 8. The quantitative estimate of drug-likeness (QED) is 0.0586. The molecule has 0 unspecified atom stereocenters. The number of aliphatic imine (C=N–C) groups is 2. The summed E-state index contributed by atoms with van der Waals surface area (Å²) < 4.78 is 5.20. The Labute approximate surface area is 278 Å². The monoisotopic (exact) mass is 660 g/mol. The summed E-state index contributed by atoms with van der Waals surface area (Å²) in [5.41, 5.74) is 23.0. The summed E-state index contributed by atoms with van der Waals surface area (Å²) in [5.74, 6) is -1.93. The van der Waals surface area contributed by atoms with Gasteiger partial charge in [0.05, 0.1) is 0 Å². The molecule has 48 heavy (non-hydrogen) atoms. The van der Waals surface area contributed by atoms with Gasteiger partial charge < -0.3 is 48.9 Å². The number of fused-ring (bicyclic) bond motifs is 1. The van der Waals surface area contributed by atoms with Crippen molar-refractivity contribution in [2.75, 3.05) is 18.4 Å². The largest absolute Gasteiger partial charge is 0.445 e. The molecule has 0 aliphatic rings. The van der Waals surface area contributed by atoms with Crippen LogP contribution in [0, 0.1) is 0 Å². The summed E-state index contributed by atoms with van der Waals surface area (Å²) >= 11 is 0. The highest BCUT2D eigenvalue weighted by Gasteiger charge is 2.28. The summed E-state index contributed by atoms with van der Waals surface area (Å²) in [6, 6.07) is 19.1. The maximum Gasteiger partial charge on any atom is 0.408 e. The number of nitrogens with zero attached hydrogens (tertiary/aromatic N) is 2.